The van der Waals surface area contributed by atoms with Crippen LogP contribution >= 0.6 is 0 Å². The van der Waals surface area contributed by atoms with Gasteiger partial charge in [-0.1, -0.05) is 6.08 Å². The Balaban J connectivity index is 2.36. The number of hydrogen-bond acceptors (Lipinski definition) is 2. The average Bonchev–Trinajstić information content (AvgIpc) is 2.49. The molecule has 0 radical (unpaired) electrons. The summed E-state index contributed by atoms with van der Waals surface area (Å²) >= 11 is 0. The zero-order valence-electron chi connectivity index (χ0n) is 8.50. The van der Waals surface area contributed by atoms with Crippen LogP contribution in [-0.4, -0.2) is 28.8 Å². The Hall–Kier alpha value is -1.23. The van der Waals surface area contributed by atoms with Crippen molar-refractivity contribution in [2.45, 2.75) is 12.3 Å². The SMILES string of the molecule is Cn1cc(C2=CCNCCC2(F)F)cn1. The lowest BCUT2D eigenvalue weighted by molar-refractivity contribution is 0.0595. The number of rotatable bonds is 1. The zero-order chi connectivity index (χ0) is 10.9. The quantitative estimate of drug-likeness (QED) is 0.764. The number of allylic oxidation sites excluding steroid dienone is 1. The molecule has 3 nitrogen and oxygen atoms in total. The van der Waals surface area contributed by atoms with E-state index >= 15 is 0 Å². The lowest BCUT2D eigenvalue weighted by Gasteiger charge is -2.16. The highest BCUT2D eigenvalue weighted by Crippen LogP contribution is 2.35. The molecule has 0 fully saturated rings. The summed E-state index contributed by atoms with van der Waals surface area (Å²) < 4.78 is 28.9. The summed E-state index contributed by atoms with van der Waals surface area (Å²) in [7, 11) is 1.72. The monoisotopic (exact) mass is 213 g/mol. The maximum Gasteiger partial charge on any atom is 0.274 e. The second-order valence-corrected chi connectivity index (χ2v) is 3.68. The van der Waals surface area contributed by atoms with Crippen LogP contribution in [0.3, 0.4) is 0 Å². The van der Waals surface area contributed by atoms with Crippen LogP contribution in [0.25, 0.3) is 5.57 Å². The highest BCUT2D eigenvalue weighted by Gasteiger charge is 2.35. The average molecular weight is 213 g/mol. The Morgan fingerprint density at radius 1 is 1.53 bits per heavy atom. The predicted octanol–water partition coefficient (Wildman–Crippen LogP) is 1.43. The van der Waals surface area contributed by atoms with Gasteiger partial charge in [0.2, 0.25) is 0 Å². The molecule has 0 aromatic carbocycles. The number of hydrogen-bond donors (Lipinski definition) is 1. The molecule has 15 heavy (non-hydrogen) atoms. The van der Waals surface area contributed by atoms with Crippen LogP contribution in [0, 0.1) is 0 Å². The molecule has 0 atom stereocenters. The fraction of sp³-hybridized carbons (Fsp3) is 0.500. The zero-order valence-corrected chi connectivity index (χ0v) is 8.50. The van der Waals surface area contributed by atoms with Crippen LogP contribution in [0.1, 0.15) is 12.0 Å². The number of nitrogens with zero attached hydrogens (tertiary/aromatic N) is 2. The van der Waals surface area contributed by atoms with Crippen molar-refractivity contribution in [2.75, 3.05) is 13.1 Å². The summed E-state index contributed by atoms with van der Waals surface area (Å²) in [5.41, 5.74) is 0.590. The molecule has 1 aliphatic heterocycles. The minimum absolute atomic E-state index is 0.0839. The van der Waals surface area contributed by atoms with E-state index in [1.807, 2.05) is 0 Å². The van der Waals surface area contributed by atoms with E-state index in [4.69, 9.17) is 0 Å². The van der Waals surface area contributed by atoms with Gasteiger partial charge in [-0.3, -0.25) is 4.68 Å². The minimum atomic E-state index is -2.76. The number of alkyl halides is 2. The van der Waals surface area contributed by atoms with Crippen molar-refractivity contribution in [1.29, 1.82) is 0 Å². The van der Waals surface area contributed by atoms with Crippen molar-refractivity contribution in [3.63, 3.8) is 0 Å². The second-order valence-electron chi connectivity index (χ2n) is 3.68. The van der Waals surface area contributed by atoms with Gasteiger partial charge in [-0.05, 0) is 0 Å². The fourth-order valence-corrected chi connectivity index (χ4v) is 1.69. The third kappa shape index (κ3) is 2.07. The molecule has 82 valence electrons. The van der Waals surface area contributed by atoms with Crippen LogP contribution in [0.2, 0.25) is 0 Å². The largest absolute Gasteiger partial charge is 0.313 e. The third-order valence-electron chi connectivity index (χ3n) is 2.48. The van der Waals surface area contributed by atoms with Gasteiger partial charge < -0.3 is 5.32 Å². The van der Waals surface area contributed by atoms with Crippen LogP contribution in [-0.2, 0) is 7.05 Å². The lowest BCUT2D eigenvalue weighted by atomic mass is 10.0. The molecule has 0 saturated carbocycles. The number of halogens is 2. The van der Waals surface area contributed by atoms with Gasteiger partial charge in [0.1, 0.15) is 0 Å². The Kier molecular flexibility index (Phi) is 2.56. The maximum atomic E-state index is 13.7. The molecule has 1 aliphatic rings. The van der Waals surface area contributed by atoms with E-state index in [0.717, 1.165) is 0 Å². The Morgan fingerprint density at radius 2 is 2.33 bits per heavy atom. The summed E-state index contributed by atoms with van der Waals surface area (Å²) in [6.07, 6.45) is 4.48. The highest BCUT2D eigenvalue weighted by atomic mass is 19.3. The standard InChI is InChI=1S/C10H13F2N3/c1-15-7-8(6-14-15)9-2-4-13-5-3-10(9,11)12/h2,6-7,13H,3-5H2,1H3. The molecular weight excluding hydrogens is 200 g/mol. The Bertz CT molecular complexity index is 382. The van der Waals surface area contributed by atoms with Gasteiger partial charge in [-0.15, -0.1) is 0 Å². The molecular formula is C10H13F2N3. The number of nitrogens with one attached hydrogen (secondary N) is 1. The molecule has 0 bridgehead atoms. The molecule has 1 N–H and O–H groups in total. The van der Waals surface area contributed by atoms with E-state index in [0.29, 0.717) is 18.7 Å². The van der Waals surface area contributed by atoms with E-state index in [1.54, 1.807) is 19.3 Å². The smallest absolute Gasteiger partial charge is 0.274 e. The Morgan fingerprint density at radius 3 is 3.00 bits per heavy atom. The van der Waals surface area contributed by atoms with E-state index in [2.05, 4.69) is 10.4 Å². The van der Waals surface area contributed by atoms with Crippen molar-refractivity contribution in [1.82, 2.24) is 15.1 Å². The van der Waals surface area contributed by atoms with Gasteiger partial charge in [0.05, 0.1) is 6.20 Å². The molecule has 0 spiro atoms. The third-order valence-corrected chi connectivity index (χ3v) is 2.48. The van der Waals surface area contributed by atoms with Crippen molar-refractivity contribution < 1.29 is 8.78 Å². The molecule has 2 rings (SSSR count). The van der Waals surface area contributed by atoms with Crippen molar-refractivity contribution >= 4 is 5.57 Å². The van der Waals surface area contributed by atoms with Gasteiger partial charge in [0, 0.05) is 43.9 Å². The first-order valence-corrected chi connectivity index (χ1v) is 4.88. The summed E-state index contributed by atoms with van der Waals surface area (Å²) in [6, 6.07) is 0. The molecule has 1 aromatic rings. The van der Waals surface area contributed by atoms with Gasteiger partial charge in [0.25, 0.3) is 5.92 Å². The minimum Gasteiger partial charge on any atom is -0.313 e. The molecule has 0 amide bonds. The molecule has 1 aromatic heterocycles. The summed E-state index contributed by atoms with van der Waals surface area (Å²) in [6.45, 7) is 0.826. The van der Waals surface area contributed by atoms with Crippen LogP contribution < -0.4 is 5.32 Å². The van der Waals surface area contributed by atoms with Crippen molar-refractivity contribution in [3.8, 4) is 0 Å². The maximum absolute atomic E-state index is 13.7. The van der Waals surface area contributed by atoms with Crippen LogP contribution in [0.4, 0.5) is 8.78 Å². The molecule has 2 heterocycles. The second kappa shape index (κ2) is 3.73. The molecule has 5 heteroatoms. The van der Waals surface area contributed by atoms with E-state index in [9.17, 15) is 8.78 Å². The first-order valence-electron chi connectivity index (χ1n) is 4.88. The normalized spacial score (nSPS) is 20.9. The molecule has 0 aliphatic carbocycles. The molecule has 0 saturated heterocycles. The van der Waals surface area contributed by atoms with E-state index < -0.39 is 5.92 Å². The van der Waals surface area contributed by atoms with Crippen LogP contribution in [0.5, 0.6) is 0 Å². The van der Waals surface area contributed by atoms with Crippen molar-refractivity contribution in [3.05, 3.63) is 24.0 Å². The van der Waals surface area contributed by atoms with Gasteiger partial charge in [-0.25, -0.2) is 8.78 Å². The highest BCUT2D eigenvalue weighted by molar-refractivity contribution is 5.70. The van der Waals surface area contributed by atoms with Gasteiger partial charge >= 0.3 is 0 Å². The number of aromatic nitrogens is 2. The summed E-state index contributed by atoms with van der Waals surface area (Å²) in [5, 5.41) is 6.84. The molecule has 0 unspecified atom stereocenters. The van der Waals surface area contributed by atoms with E-state index in [1.165, 1.54) is 10.9 Å². The summed E-state index contributed by atoms with van der Waals surface area (Å²) in [5.74, 6) is -2.76. The van der Waals surface area contributed by atoms with Crippen LogP contribution in [0.15, 0.2) is 18.5 Å². The van der Waals surface area contributed by atoms with Gasteiger partial charge in [-0.2, -0.15) is 5.10 Å². The lowest BCUT2D eigenvalue weighted by Crippen LogP contribution is -2.21. The van der Waals surface area contributed by atoms with Gasteiger partial charge in [0.15, 0.2) is 0 Å². The van der Waals surface area contributed by atoms with E-state index in [-0.39, 0.29) is 12.0 Å². The number of aryl methyl sites for hydroxylation is 1. The topological polar surface area (TPSA) is 29.9 Å². The summed E-state index contributed by atoms with van der Waals surface area (Å²) in [4.78, 5) is 0. The fourth-order valence-electron chi connectivity index (χ4n) is 1.69. The predicted molar refractivity (Wildman–Crippen MR) is 53.6 cm³/mol. The van der Waals surface area contributed by atoms with Crippen molar-refractivity contribution in [2.24, 2.45) is 7.05 Å². The first-order chi connectivity index (χ1) is 7.09. The Labute approximate surface area is 86.8 Å². The first kappa shape index (κ1) is 10.3.